The van der Waals surface area contributed by atoms with Crippen molar-refractivity contribution in [3.05, 3.63) is 18.1 Å². The first-order valence-electron chi connectivity index (χ1n) is 9.07. The van der Waals surface area contributed by atoms with Crippen molar-refractivity contribution < 1.29 is 4.79 Å². The molecule has 136 valence electrons. The first kappa shape index (κ1) is 17.7. The van der Waals surface area contributed by atoms with E-state index in [1.807, 2.05) is 24.9 Å². The van der Waals surface area contributed by atoms with Gasteiger partial charge in [0.1, 0.15) is 11.8 Å². The standard InChI is InChI=1S/C18H28N6O/c1-4-24(3)10-16(25)23-14-6-5-13(8-14)9-19-18-17-15(20-11-21-18)7-12(2)22-17/h7,11,13-14,22H,4-6,8-10H2,1-3H3,(H,23,25)(H,19,20,21). The Kier molecular flexibility index (Phi) is 5.53. The monoisotopic (exact) mass is 344 g/mol. The molecule has 1 aliphatic rings. The summed E-state index contributed by atoms with van der Waals surface area (Å²) in [5.41, 5.74) is 2.98. The van der Waals surface area contributed by atoms with Crippen LogP contribution in [0.1, 0.15) is 31.9 Å². The molecule has 3 N–H and O–H groups in total. The zero-order chi connectivity index (χ0) is 17.8. The predicted octanol–water partition coefficient (Wildman–Crippen LogP) is 1.91. The minimum atomic E-state index is 0.127. The number of aromatic amines is 1. The lowest BCUT2D eigenvalue weighted by Crippen LogP contribution is -2.40. The molecule has 0 saturated heterocycles. The molecule has 0 bridgehead atoms. The van der Waals surface area contributed by atoms with Crippen LogP contribution >= 0.6 is 0 Å². The molecule has 2 aromatic heterocycles. The Morgan fingerprint density at radius 2 is 2.24 bits per heavy atom. The number of anilines is 1. The molecule has 1 saturated carbocycles. The van der Waals surface area contributed by atoms with Crippen molar-refractivity contribution in [3.8, 4) is 0 Å². The second-order valence-electron chi connectivity index (χ2n) is 7.09. The van der Waals surface area contributed by atoms with E-state index in [-0.39, 0.29) is 5.91 Å². The second kappa shape index (κ2) is 7.82. The average Bonchev–Trinajstić information content (AvgIpc) is 3.18. The lowest BCUT2D eigenvalue weighted by molar-refractivity contribution is -0.122. The van der Waals surface area contributed by atoms with E-state index in [1.54, 1.807) is 6.33 Å². The molecule has 7 heteroatoms. The predicted molar refractivity (Wildman–Crippen MR) is 99.6 cm³/mol. The number of hydrogen-bond acceptors (Lipinski definition) is 5. The molecule has 0 spiro atoms. The zero-order valence-electron chi connectivity index (χ0n) is 15.3. The van der Waals surface area contributed by atoms with Gasteiger partial charge in [-0.15, -0.1) is 0 Å². The Morgan fingerprint density at radius 3 is 3.04 bits per heavy atom. The smallest absolute Gasteiger partial charge is 0.234 e. The van der Waals surface area contributed by atoms with Gasteiger partial charge in [-0.1, -0.05) is 6.92 Å². The summed E-state index contributed by atoms with van der Waals surface area (Å²) < 4.78 is 0. The largest absolute Gasteiger partial charge is 0.368 e. The van der Waals surface area contributed by atoms with Crippen LogP contribution in [-0.4, -0.2) is 58.5 Å². The van der Waals surface area contributed by atoms with Crippen LogP contribution in [0.4, 0.5) is 5.82 Å². The summed E-state index contributed by atoms with van der Waals surface area (Å²) in [5.74, 6) is 1.53. The second-order valence-corrected chi connectivity index (χ2v) is 7.09. The number of nitrogens with one attached hydrogen (secondary N) is 3. The highest BCUT2D eigenvalue weighted by Gasteiger charge is 2.26. The van der Waals surface area contributed by atoms with Crippen molar-refractivity contribution in [2.75, 3.05) is 32.0 Å². The van der Waals surface area contributed by atoms with E-state index in [2.05, 4.69) is 32.5 Å². The maximum absolute atomic E-state index is 12.0. The van der Waals surface area contributed by atoms with Crippen LogP contribution in [0.25, 0.3) is 11.0 Å². The molecule has 2 atom stereocenters. The van der Waals surface area contributed by atoms with Gasteiger partial charge in [-0.25, -0.2) is 9.97 Å². The first-order valence-corrected chi connectivity index (χ1v) is 9.07. The summed E-state index contributed by atoms with van der Waals surface area (Å²) >= 11 is 0. The molecule has 0 aromatic carbocycles. The van der Waals surface area contributed by atoms with Crippen LogP contribution < -0.4 is 10.6 Å². The van der Waals surface area contributed by atoms with Crippen LogP contribution in [0.2, 0.25) is 0 Å². The van der Waals surface area contributed by atoms with Crippen molar-refractivity contribution in [1.29, 1.82) is 0 Å². The molecule has 0 radical (unpaired) electrons. The van der Waals surface area contributed by atoms with Gasteiger partial charge in [0.15, 0.2) is 5.82 Å². The van der Waals surface area contributed by atoms with Gasteiger partial charge in [-0.3, -0.25) is 9.69 Å². The topological polar surface area (TPSA) is 85.9 Å². The van der Waals surface area contributed by atoms with E-state index in [9.17, 15) is 4.79 Å². The maximum atomic E-state index is 12.0. The van der Waals surface area contributed by atoms with Crippen molar-refractivity contribution in [2.45, 2.75) is 39.2 Å². The number of rotatable bonds is 7. The minimum absolute atomic E-state index is 0.127. The Hall–Kier alpha value is -2.15. The number of nitrogens with zero attached hydrogens (tertiary/aromatic N) is 3. The van der Waals surface area contributed by atoms with Gasteiger partial charge in [-0.2, -0.15) is 0 Å². The van der Waals surface area contributed by atoms with Crippen molar-refractivity contribution in [1.82, 2.24) is 25.2 Å². The summed E-state index contributed by atoms with van der Waals surface area (Å²) in [6.45, 7) is 6.30. The van der Waals surface area contributed by atoms with E-state index in [4.69, 9.17) is 0 Å². The third-order valence-corrected chi connectivity index (χ3v) is 4.97. The number of carbonyl (C=O) groups is 1. The summed E-state index contributed by atoms with van der Waals surface area (Å²) in [4.78, 5) is 26.0. The molecule has 1 amide bonds. The fourth-order valence-corrected chi connectivity index (χ4v) is 3.47. The lowest BCUT2D eigenvalue weighted by atomic mass is 10.1. The highest BCUT2D eigenvalue weighted by molar-refractivity contribution is 5.86. The molecule has 0 aliphatic heterocycles. The van der Waals surface area contributed by atoms with Crippen molar-refractivity contribution >= 4 is 22.8 Å². The number of aryl methyl sites for hydroxylation is 1. The summed E-state index contributed by atoms with van der Waals surface area (Å²) in [6.07, 6.45) is 4.79. The van der Waals surface area contributed by atoms with Gasteiger partial charge < -0.3 is 15.6 Å². The van der Waals surface area contributed by atoms with E-state index >= 15 is 0 Å². The Morgan fingerprint density at radius 1 is 1.40 bits per heavy atom. The Balaban J connectivity index is 1.49. The highest BCUT2D eigenvalue weighted by Crippen LogP contribution is 2.27. The number of likely N-dealkylation sites (N-methyl/N-ethyl adjacent to an activating group) is 1. The summed E-state index contributed by atoms with van der Waals surface area (Å²) in [6, 6.07) is 2.32. The number of H-pyrrole nitrogens is 1. The van der Waals surface area contributed by atoms with Gasteiger partial charge in [-0.05, 0) is 51.8 Å². The van der Waals surface area contributed by atoms with E-state index in [0.717, 1.165) is 54.9 Å². The van der Waals surface area contributed by atoms with Crippen LogP contribution in [0.15, 0.2) is 12.4 Å². The van der Waals surface area contributed by atoms with Crippen LogP contribution in [0.5, 0.6) is 0 Å². The van der Waals surface area contributed by atoms with Gasteiger partial charge in [0, 0.05) is 18.3 Å². The quantitative estimate of drug-likeness (QED) is 0.714. The number of aromatic nitrogens is 3. The number of carbonyl (C=O) groups excluding carboxylic acids is 1. The summed E-state index contributed by atoms with van der Waals surface area (Å²) in [5, 5.41) is 6.62. The zero-order valence-corrected chi connectivity index (χ0v) is 15.3. The number of hydrogen-bond donors (Lipinski definition) is 3. The number of amides is 1. The van der Waals surface area contributed by atoms with Crippen LogP contribution in [0, 0.1) is 12.8 Å². The molecule has 1 fully saturated rings. The normalized spacial score (nSPS) is 20.3. The average molecular weight is 344 g/mol. The molecule has 2 unspecified atom stereocenters. The molecule has 3 rings (SSSR count). The van der Waals surface area contributed by atoms with Crippen molar-refractivity contribution in [3.63, 3.8) is 0 Å². The van der Waals surface area contributed by atoms with E-state index in [1.165, 1.54) is 0 Å². The van der Waals surface area contributed by atoms with Crippen LogP contribution in [0.3, 0.4) is 0 Å². The third-order valence-electron chi connectivity index (χ3n) is 4.97. The Bertz CT molecular complexity index is 727. The van der Waals surface area contributed by atoms with Gasteiger partial charge >= 0.3 is 0 Å². The van der Waals surface area contributed by atoms with Gasteiger partial charge in [0.2, 0.25) is 5.91 Å². The summed E-state index contributed by atoms with van der Waals surface area (Å²) in [7, 11) is 1.96. The first-order chi connectivity index (χ1) is 12.0. The molecule has 2 aromatic rings. The Labute approximate surface area is 148 Å². The van der Waals surface area contributed by atoms with E-state index < -0.39 is 0 Å². The van der Waals surface area contributed by atoms with Crippen LogP contribution in [-0.2, 0) is 4.79 Å². The number of fused-ring (bicyclic) bond motifs is 1. The molecular weight excluding hydrogens is 316 g/mol. The molecule has 7 nitrogen and oxygen atoms in total. The van der Waals surface area contributed by atoms with Crippen molar-refractivity contribution in [2.24, 2.45) is 5.92 Å². The molecule has 1 aliphatic carbocycles. The fourth-order valence-electron chi connectivity index (χ4n) is 3.47. The highest BCUT2D eigenvalue weighted by atomic mass is 16.2. The third kappa shape index (κ3) is 4.48. The maximum Gasteiger partial charge on any atom is 0.234 e. The fraction of sp³-hybridized carbons (Fsp3) is 0.611. The van der Waals surface area contributed by atoms with E-state index in [0.29, 0.717) is 18.5 Å². The SMILES string of the molecule is CCN(C)CC(=O)NC1CCC(CNc2ncnc3cc(C)[nH]c23)C1. The van der Waals surface area contributed by atoms with Gasteiger partial charge in [0.05, 0.1) is 12.1 Å². The molecule has 25 heavy (non-hydrogen) atoms. The molecule has 2 heterocycles. The molecular formula is C18H28N6O. The van der Waals surface area contributed by atoms with Gasteiger partial charge in [0.25, 0.3) is 0 Å². The lowest BCUT2D eigenvalue weighted by Gasteiger charge is -2.17. The minimum Gasteiger partial charge on any atom is -0.368 e.